The molecule has 29 heavy (non-hydrogen) atoms. The third-order valence-electron chi connectivity index (χ3n) is 6.51. The SMILES string of the molecule is COc1ccc(N2CCN([C@H]3CCCN(C(=O)CN4CCCC4=O)C3)CC2)cc1. The van der Waals surface area contributed by atoms with Crippen molar-refractivity contribution in [2.24, 2.45) is 0 Å². The van der Waals surface area contributed by atoms with Gasteiger partial charge in [-0.1, -0.05) is 0 Å². The number of piperidine rings is 1. The van der Waals surface area contributed by atoms with Gasteiger partial charge in [-0.25, -0.2) is 0 Å². The summed E-state index contributed by atoms with van der Waals surface area (Å²) in [6.45, 7) is 6.64. The molecule has 0 aromatic heterocycles. The van der Waals surface area contributed by atoms with Gasteiger partial charge in [-0.3, -0.25) is 14.5 Å². The van der Waals surface area contributed by atoms with E-state index in [9.17, 15) is 9.59 Å². The van der Waals surface area contributed by atoms with Gasteiger partial charge in [0, 0.05) is 64.0 Å². The number of hydrogen-bond donors (Lipinski definition) is 0. The predicted octanol–water partition coefficient (Wildman–Crippen LogP) is 1.43. The molecule has 7 nitrogen and oxygen atoms in total. The van der Waals surface area contributed by atoms with E-state index in [-0.39, 0.29) is 18.4 Å². The van der Waals surface area contributed by atoms with E-state index in [1.54, 1.807) is 12.0 Å². The maximum absolute atomic E-state index is 12.7. The molecule has 0 aliphatic carbocycles. The Kier molecular flexibility index (Phi) is 6.23. The second-order valence-electron chi connectivity index (χ2n) is 8.28. The number of rotatable bonds is 5. The van der Waals surface area contributed by atoms with Crippen molar-refractivity contribution in [1.29, 1.82) is 0 Å². The maximum Gasteiger partial charge on any atom is 0.242 e. The molecule has 3 saturated heterocycles. The molecule has 4 rings (SSSR count). The molecule has 1 atom stereocenters. The smallest absolute Gasteiger partial charge is 0.242 e. The van der Waals surface area contributed by atoms with Gasteiger partial charge in [-0.2, -0.15) is 0 Å². The first-order valence-corrected chi connectivity index (χ1v) is 10.8. The van der Waals surface area contributed by atoms with Crippen LogP contribution in [0.25, 0.3) is 0 Å². The number of benzene rings is 1. The quantitative estimate of drug-likeness (QED) is 0.749. The van der Waals surface area contributed by atoms with Crippen molar-refractivity contribution in [2.75, 3.05) is 64.4 Å². The number of amides is 2. The van der Waals surface area contributed by atoms with Gasteiger partial charge in [-0.15, -0.1) is 0 Å². The minimum Gasteiger partial charge on any atom is -0.497 e. The summed E-state index contributed by atoms with van der Waals surface area (Å²) in [4.78, 5) is 33.2. The summed E-state index contributed by atoms with van der Waals surface area (Å²) in [5.74, 6) is 1.12. The molecular formula is C22H32N4O3. The number of anilines is 1. The zero-order valence-corrected chi connectivity index (χ0v) is 17.4. The van der Waals surface area contributed by atoms with Crippen molar-refractivity contribution in [3.63, 3.8) is 0 Å². The molecule has 3 fully saturated rings. The molecule has 0 unspecified atom stereocenters. The number of carbonyl (C=O) groups excluding carboxylic acids is 2. The van der Waals surface area contributed by atoms with Crippen molar-refractivity contribution in [1.82, 2.24) is 14.7 Å². The van der Waals surface area contributed by atoms with Crippen LogP contribution in [-0.4, -0.2) is 92.0 Å². The van der Waals surface area contributed by atoms with Crippen LogP contribution in [0.3, 0.4) is 0 Å². The van der Waals surface area contributed by atoms with E-state index < -0.39 is 0 Å². The third-order valence-corrected chi connectivity index (χ3v) is 6.51. The molecular weight excluding hydrogens is 368 g/mol. The highest BCUT2D eigenvalue weighted by atomic mass is 16.5. The van der Waals surface area contributed by atoms with E-state index in [0.29, 0.717) is 12.5 Å². The van der Waals surface area contributed by atoms with Gasteiger partial charge in [0.05, 0.1) is 13.7 Å². The van der Waals surface area contributed by atoms with Gasteiger partial charge in [0.2, 0.25) is 11.8 Å². The third kappa shape index (κ3) is 4.66. The summed E-state index contributed by atoms with van der Waals surface area (Å²) >= 11 is 0. The molecule has 0 radical (unpaired) electrons. The Morgan fingerprint density at radius 2 is 1.79 bits per heavy atom. The Balaban J connectivity index is 1.28. The minimum atomic E-state index is 0.113. The second-order valence-corrected chi connectivity index (χ2v) is 8.28. The summed E-state index contributed by atoms with van der Waals surface area (Å²) < 4.78 is 5.25. The molecule has 0 saturated carbocycles. The normalized spacial score (nSPS) is 23.6. The van der Waals surface area contributed by atoms with Gasteiger partial charge in [0.25, 0.3) is 0 Å². The molecule has 3 aliphatic rings. The molecule has 0 bridgehead atoms. The van der Waals surface area contributed by atoms with E-state index in [1.807, 2.05) is 17.0 Å². The highest BCUT2D eigenvalue weighted by Gasteiger charge is 2.31. The molecule has 0 N–H and O–H groups in total. The highest BCUT2D eigenvalue weighted by Crippen LogP contribution is 2.23. The van der Waals surface area contributed by atoms with Crippen LogP contribution in [0.4, 0.5) is 5.69 Å². The number of methoxy groups -OCH3 is 1. The summed E-state index contributed by atoms with van der Waals surface area (Å²) in [6.07, 6.45) is 3.67. The van der Waals surface area contributed by atoms with E-state index in [0.717, 1.165) is 70.8 Å². The number of nitrogens with zero attached hydrogens (tertiary/aromatic N) is 4. The van der Waals surface area contributed by atoms with Gasteiger partial charge in [0.15, 0.2) is 0 Å². The van der Waals surface area contributed by atoms with Crippen molar-refractivity contribution < 1.29 is 14.3 Å². The zero-order valence-electron chi connectivity index (χ0n) is 17.4. The minimum absolute atomic E-state index is 0.113. The van der Waals surface area contributed by atoms with Crippen molar-refractivity contribution in [2.45, 2.75) is 31.7 Å². The standard InChI is InChI=1S/C22H32N4O3/c1-29-20-8-6-18(7-9-20)23-12-14-24(15-13-23)19-4-2-10-25(16-19)22(28)17-26-11-3-5-21(26)27/h6-9,19H,2-5,10-17H2,1H3/t19-/m0/s1. The van der Waals surface area contributed by atoms with E-state index in [2.05, 4.69) is 21.9 Å². The summed E-state index contributed by atoms with van der Waals surface area (Å²) in [5.41, 5.74) is 1.24. The fraction of sp³-hybridized carbons (Fsp3) is 0.636. The monoisotopic (exact) mass is 400 g/mol. The molecule has 158 valence electrons. The van der Waals surface area contributed by atoms with Crippen LogP contribution in [0, 0.1) is 0 Å². The lowest BCUT2D eigenvalue weighted by Gasteiger charge is -2.44. The highest BCUT2D eigenvalue weighted by molar-refractivity contribution is 5.86. The van der Waals surface area contributed by atoms with Crippen LogP contribution in [0.2, 0.25) is 0 Å². The number of hydrogen-bond acceptors (Lipinski definition) is 5. The molecule has 3 aliphatic heterocycles. The summed E-state index contributed by atoms with van der Waals surface area (Å²) in [6, 6.07) is 8.69. The van der Waals surface area contributed by atoms with Crippen LogP contribution in [0.15, 0.2) is 24.3 Å². The molecule has 1 aromatic rings. The van der Waals surface area contributed by atoms with Crippen LogP contribution >= 0.6 is 0 Å². The van der Waals surface area contributed by atoms with Crippen molar-refractivity contribution >= 4 is 17.5 Å². The van der Waals surface area contributed by atoms with E-state index in [1.165, 1.54) is 5.69 Å². The number of ether oxygens (including phenoxy) is 1. The zero-order chi connectivity index (χ0) is 20.2. The summed E-state index contributed by atoms with van der Waals surface area (Å²) in [7, 11) is 1.69. The molecule has 3 heterocycles. The van der Waals surface area contributed by atoms with Gasteiger partial charge in [0.1, 0.15) is 5.75 Å². The van der Waals surface area contributed by atoms with Gasteiger partial charge >= 0.3 is 0 Å². The average molecular weight is 401 g/mol. The Morgan fingerprint density at radius 3 is 2.45 bits per heavy atom. The number of likely N-dealkylation sites (tertiary alicyclic amines) is 2. The fourth-order valence-electron chi connectivity index (χ4n) is 4.75. The second kappa shape index (κ2) is 9.03. The Labute approximate surface area is 173 Å². The fourth-order valence-corrected chi connectivity index (χ4v) is 4.75. The maximum atomic E-state index is 12.7. The van der Waals surface area contributed by atoms with Gasteiger partial charge < -0.3 is 19.4 Å². The first-order chi connectivity index (χ1) is 14.1. The molecule has 7 heteroatoms. The number of piperazine rings is 1. The molecule has 0 spiro atoms. The van der Waals surface area contributed by atoms with E-state index >= 15 is 0 Å². The number of carbonyl (C=O) groups is 2. The van der Waals surface area contributed by atoms with Crippen LogP contribution in [0.5, 0.6) is 5.75 Å². The van der Waals surface area contributed by atoms with E-state index in [4.69, 9.17) is 4.74 Å². The lowest BCUT2D eigenvalue weighted by atomic mass is 10.0. The lowest BCUT2D eigenvalue weighted by Crippen LogP contribution is -2.56. The van der Waals surface area contributed by atoms with Crippen LogP contribution in [-0.2, 0) is 9.59 Å². The first-order valence-electron chi connectivity index (χ1n) is 10.8. The Hall–Kier alpha value is -2.28. The summed E-state index contributed by atoms with van der Waals surface area (Å²) in [5, 5.41) is 0. The van der Waals surface area contributed by atoms with Crippen LogP contribution in [0.1, 0.15) is 25.7 Å². The van der Waals surface area contributed by atoms with Crippen molar-refractivity contribution in [3.05, 3.63) is 24.3 Å². The first kappa shape index (κ1) is 20.0. The topological polar surface area (TPSA) is 56.3 Å². The predicted molar refractivity (Wildman–Crippen MR) is 112 cm³/mol. The largest absolute Gasteiger partial charge is 0.497 e. The Morgan fingerprint density at radius 1 is 1.03 bits per heavy atom. The average Bonchev–Trinajstić information content (AvgIpc) is 3.18. The van der Waals surface area contributed by atoms with Crippen molar-refractivity contribution in [3.8, 4) is 5.75 Å². The lowest BCUT2D eigenvalue weighted by molar-refractivity contribution is -0.139. The molecule has 1 aromatic carbocycles. The van der Waals surface area contributed by atoms with Gasteiger partial charge in [-0.05, 0) is 43.5 Å². The van der Waals surface area contributed by atoms with Crippen LogP contribution < -0.4 is 9.64 Å². The Bertz CT molecular complexity index is 715. The molecule has 2 amide bonds.